The third kappa shape index (κ3) is 3.36. The summed E-state index contributed by atoms with van der Waals surface area (Å²) >= 11 is 1.72. The standard InChI is InChI=1S/C10H18N2S/c1-3-8(2)6-12-7-10-9(11)4-5-13-10/h4-5,8,12H,3,6-7,11H2,1-2H3. The van der Waals surface area contributed by atoms with E-state index in [2.05, 4.69) is 19.2 Å². The summed E-state index contributed by atoms with van der Waals surface area (Å²) in [5, 5.41) is 5.45. The predicted octanol–water partition coefficient (Wildman–Crippen LogP) is 2.47. The molecule has 0 saturated heterocycles. The molecule has 74 valence electrons. The summed E-state index contributed by atoms with van der Waals surface area (Å²) in [4.78, 5) is 1.25. The quantitative estimate of drug-likeness (QED) is 0.762. The van der Waals surface area contributed by atoms with Crippen molar-refractivity contribution >= 4 is 17.0 Å². The Morgan fingerprint density at radius 3 is 2.92 bits per heavy atom. The maximum absolute atomic E-state index is 5.76. The third-order valence-corrected chi connectivity index (χ3v) is 3.19. The van der Waals surface area contributed by atoms with Gasteiger partial charge in [0.1, 0.15) is 0 Å². The summed E-state index contributed by atoms with van der Waals surface area (Å²) in [6.07, 6.45) is 1.23. The predicted molar refractivity (Wildman–Crippen MR) is 59.9 cm³/mol. The minimum atomic E-state index is 0.751. The Kier molecular flexibility index (Phi) is 4.25. The van der Waals surface area contributed by atoms with Crippen LogP contribution in [-0.4, -0.2) is 6.54 Å². The molecular weight excluding hydrogens is 180 g/mol. The van der Waals surface area contributed by atoms with Gasteiger partial charge in [-0.15, -0.1) is 11.3 Å². The van der Waals surface area contributed by atoms with E-state index in [1.54, 1.807) is 11.3 Å². The summed E-state index contributed by atoms with van der Waals surface area (Å²) in [5.74, 6) is 0.751. The molecule has 1 aromatic heterocycles. The van der Waals surface area contributed by atoms with Gasteiger partial charge in [0.05, 0.1) is 0 Å². The molecule has 0 spiro atoms. The highest BCUT2D eigenvalue weighted by atomic mass is 32.1. The van der Waals surface area contributed by atoms with Crippen LogP contribution in [0.1, 0.15) is 25.1 Å². The van der Waals surface area contributed by atoms with Gasteiger partial charge in [-0.1, -0.05) is 20.3 Å². The number of hydrogen-bond acceptors (Lipinski definition) is 3. The number of anilines is 1. The van der Waals surface area contributed by atoms with Gasteiger partial charge in [-0.25, -0.2) is 0 Å². The van der Waals surface area contributed by atoms with Gasteiger partial charge < -0.3 is 11.1 Å². The molecule has 0 bridgehead atoms. The molecule has 0 fully saturated rings. The van der Waals surface area contributed by atoms with E-state index in [1.165, 1.54) is 11.3 Å². The lowest BCUT2D eigenvalue weighted by Gasteiger charge is -2.09. The zero-order chi connectivity index (χ0) is 9.68. The Morgan fingerprint density at radius 1 is 1.62 bits per heavy atom. The summed E-state index contributed by atoms with van der Waals surface area (Å²) in [7, 11) is 0. The summed E-state index contributed by atoms with van der Waals surface area (Å²) < 4.78 is 0. The van der Waals surface area contributed by atoms with E-state index in [1.807, 2.05) is 11.4 Å². The molecule has 0 aliphatic carbocycles. The molecule has 2 nitrogen and oxygen atoms in total. The average Bonchev–Trinajstić information content (AvgIpc) is 2.52. The van der Waals surface area contributed by atoms with E-state index >= 15 is 0 Å². The minimum absolute atomic E-state index is 0.751. The molecule has 0 aliphatic heterocycles. The van der Waals surface area contributed by atoms with Crippen molar-refractivity contribution in [3.8, 4) is 0 Å². The highest BCUT2D eigenvalue weighted by Gasteiger charge is 2.01. The maximum atomic E-state index is 5.76. The van der Waals surface area contributed by atoms with Gasteiger partial charge in [-0.05, 0) is 23.9 Å². The van der Waals surface area contributed by atoms with Crippen LogP contribution < -0.4 is 11.1 Å². The summed E-state index contributed by atoms with van der Waals surface area (Å²) in [5.41, 5.74) is 6.68. The van der Waals surface area contributed by atoms with Gasteiger partial charge >= 0.3 is 0 Å². The summed E-state index contributed by atoms with van der Waals surface area (Å²) in [6.45, 7) is 6.46. The van der Waals surface area contributed by atoms with E-state index < -0.39 is 0 Å². The number of rotatable bonds is 5. The van der Waals surface area contributed by atoms with Crippen molar-refractivity contribution in [1.29, 1.82) is 0 Å². The van der Waals surface area contributed by atoms with Crippen molar-refractivity contribution in [2.24, 2.45) is 5.92 Å². The van der Waals surface area contributed by atoms with Crippen molar-refractivity contribution < 1.29 is 0 Å². The fourth-order valence-corrected chi connectivity index (χ4v) is 1.84. The largest absolute Gasteiger partial charge is 0.398 e. The van der Waals surface area contributed by atoms with Crippen LogP contribution >= 0.6 is 11.3 Å². The van der Waals surface area contributed by atoms with E-state index in [-0.39, 0.29) is 0 Å². The molecule has 0 radical (unpaired) electrons. The molecule has 0 saturated carbocycles. The van der Waals surface area contributed by atoms with Crippen molar-refractivity contribution in [2.75, 3.05) is 12.3 Å². The molecule has 0 aromatic carbocycles. The van der Waals surface area contributed by atoms with Crippen LogP contribution in [0.15, 0.2) is 11.4 Å². The van der Waals surface area contributed by atoms with Gasteiger partial charge in [-0.3, -0.25) is 0 Å². The Balaban J connectivity index is 2.24. The zero-order valence-electron chi connectivity index (χ0n) is 8.34. The summed E-state index contributed by atoms with van der Waals surface area (Å²) in [6, 6.07) is 1.96. The monoisotopic (exact) mass is 198 g/mol. The molecule has 1 atom stereocenters. The smallest absolute Gasteiger partial charge is 0.0468 e. The molecule has 13 heavy (non-hydrogen) atoms. The second-order valence-electron chi connectivity index (χ2n) is 3.44. The van der Waals surface area contributed by atoms with Crippen LogP contribution in [0.5, 0.6) is 0 Å². The second kappa shape index (κ2) is 5.25. The van der Waals surface area contributed by atoms with Gasteiger partial charge in [0.15, 0.2) is 0 Å². The first-order valence-electron chi connectivity index (χ1n) is 4.76. The lowest BCUT2D eigenvalue weighted by Crippen LogP contribution is -2.20. The molecule has 1 rings (SSSR count). The lowest BCUT2D eigenvalue weighted by molar-refractivity contribution is 0.502. The normalized spacial score (nSPS) is 13.1. The van der Waals surface area contributed by atoms with Gasteiger partial charge in [0.25, 0.3) is 0 Å². The van der Waals surface area contributed by atoms with E-state index in [0.29, 0.717) is 0 Å². The van der Waals surface area contributed by atoms with Crippen molar-refractivity contribution in [1.82, 2.24) is 5.32 Å². The van der Waals surface area contributed by atoms with Crippen LogP contribution in [0.3, 0.4) is 0 Å². The van der Waals surface area contributed by atoms with Gasteiger partial charge in [-0.2, -0.15) is 0 Å². The first-order chi connectivity index (χ1) is 6.24. The number of nitrogens with one attached hydrogen (secondary N) is 1. The van der Waals surface area contributed by atoms with Crippen LogP contribution in [0, 0.1) is 5.92 Å². The maximum Gasteiger partial charge on any atom is 0.0468 e. The van der Waals surface area contributed by atoms with Crippen LogP contribution in [-0.2, 0) is 6.54 Å². The van der Waals surface area contributed by atoms with E-state index in [9.17, 15) is 0 Å². The molecule has 3 heteroatoms. The lowest BCUT2D eigenvalue weighted by atomic mass is 10.1. The highest BCUT2D eigenvalue weighted by Crippen LogP contribution is 2.18. The number of thiophene rings is 1. The van der Waals surface area contributed by atoms with Crippen molar-refractivity contribution in [3.63, 3.8) is 0 Å². The third-order valence-electron chi connectivity index (χ3n) is 2.26. The molecular formula is C10H18N2S. The molecule has 3 N–H and O–H groups in total. The molecule has 0 aliphatic rings. The van der Waals surface area contributed by atoms with Crippen molar-refractivity contribution in [3.05, 3.63) is 16.3 Å². The minimum Gasteiger partial charge on any atom is -0.398 e. The first-order valence-corrected chi connectivity index (χ1v) is 5.64. The fourth-order valence-electron chi connectivity index (χ4n) is 1.07. The molecule has 0 amide bonds. The zero-order valence-corrected chi connectivity index (χ0v) is 9.16. The number of nitrogen functional groups attached to an aromatic ring is 1. The average molecular weight is 198 g/mol. The molecule has 1 heterocycles. The topological polar surface area (TPSA) is 38.0 Å². The Hall–Kier alpha value is -0.540. The van der Waals surface area contributed by atoms with Crippen LogP contribution in [0.2, 0.25) is 0 Å². The molecule has 1 aromatic rings. The Bertz CT molecular complexity index is 245. The van der Waals surface area contributed by atoms with Crippen LogP contribution in [0.4, 0.5) is 5.69 Å². The Morgan fingerprint density at radius 2 is 2.38 bits per heavy atom. The van der Waals surface area contributed by atoms with Gasteiger partial charge in [0, 0.05) is 17.1 Å². The molecule has 1 unspecified atom stereocenters. The second-order valence-corrected chi connectivity index (χ2v) is 4.44. The SMILES string of the molecule is CCC(C)CNCc1sccc1N. The number of nitrogens with two attached hydrogens (primary N) is 1. The Labute approximate surface area is 84.2 Å². The van der Waals surface area contributed by atoms with Crippen LogP contribution in [0.25, 0.3) is 0 Å². The van der Waals surface area contributed by atoms with E-state index in [4.69, 9.17) is 5.73 Å². The van der Waals surface area contributed by atoms with Crippen molar-refractivity contribution in [2.45, 2.75) is 26.8 Å². The first kappa shape index (κ1) is 10.5. The van der Waals surface area contributed by atoms with Gasteiger partial charge in [0.2, 0.25) is 0 Å². The fraction of sp³-hybridized carbons (Fsp3) is 0.600. The van der Waals surface area contributed by atoms with E-state index in [0.717, 1.165) is 24.7 Å². The highest BCUT2D eigenvalue weighted by molar-refractivity contribution is 7.10. The number of hydrogen-bond donors (Lipinski definition) is 2.